The predicted octanol–water partition coefficient (Wildman–Crippen LogP) is 5.88. The van der Waals surface area contributed by atoms with E-state index in [4.69, 9.17) is 0 Å². The molecule has 0 unspecified atom stereocenters. The van der Waals surface area contributed by atoms with Gasteiger partial charge in [-0.1, -0.05) is 54.6 Å². The summed E-state index contributed by atoms with van der Waals surface area (Å²) < 4.78 is 0. The third-order valence-corrected chi connectivity index (χ3v) is 6.02. The molecule has 4 nitrogen and oxygen atoms in total. The van der Waals surface area contributed by atoms with Crippen LogP contribution in [-0.2, 0) is 0 Å². The molecule has 0 radical (unpaired) electrons. The number of hydrogen-bond donors (Lipinski definition) is 1. The molecule has 3 aromatic rings. The van der Waals surface area contributed by atoms with E-state index in [2.05, 4.69) is 59.9 Å². The molecule has 3 aromatic carbocycles. The van der Waals surface area contributed by atoms with Crippen LogP contribution in [0.3, 0.4) is 0 Å². The van der Waals surface area contributed by atoms with Crippen LogP contribution < -0.4 is 5.32 Å². The van der Waals surface area contributed by atoms with Gasteiger partial charge in [0.05, 0.1) is 11.0 Å². The van der Waals surface area contributed by atoms with Gasteiger partial charge in [0.2, 0.25) is 0 Å². The molecule has 2 aliphatic rings. The Morgan fingerprint density at radius 3 is 2.74 bits per heavy atom. The Hall–Kier alpha value is -3.14. The van der Waals surface area contributed by atoms with Crippen molar-refractivity contribution in [2.24, 2.45) is 5.92 Å². The third kappa shape index (κ3) is 2.44. The van der Waals surface area contributed by atoms with Crippen molar-refractivity contribution in [1.29, 1.82) is 0 Å². The van der Waals surface area contributed by atoms with Crippen molar-refractivity contribution in [1.82, 2.24) is 0 Å². The van der Waals surface area contributed by atoms with Crippen molar-refractivity contribution >= 4 is 22.1 Å². The fraction of sp³-hybridized carbons (Fsp3) is 0.217. The van der Waals surface area contributed by atoms with Gasteiger partial charge < -0.3 is 5.32 Å². The SMILES string of the molecule is Cc1cc([N+](=O)[O-])cc2c1N[C@@H](c1cccc3ccccc13)[C@@H]1CC=C[C@H]21. The lowest BCUT2D eigenvalue weighted by Gasteiger charge is -2.38. The summed E-state index contributed by atoms with van der Waals surface area (Å²) in [6, 6.07) is 18.6. The summed E-state index contributed by atoms with van der Waals surface area (Å²) in [5, 5.41) is 17.6. The van der Waals surface area contributed by atoms with Crippen LogP contribution in [0.25, 0.3) is 10.8 Å². The number of benzene rings is 3. The van der Waals surface area contributed by atoms with Crippen molar-refractivity contribution in [3.63, 3.8) is 0 Å². The minimum atomic E-state index is -0.294. The van der Waals surface area contributed by atoms with Crippen LogP contribution in [0.15, 0.2) is 66.7 Å². The van der Waals surface area contributed by atoms with E-state index < -0.39 is 0 Å². The summed E-state index contributed by atoms with van der Waals surface area (Å²) in [6.07, 6.45) is 5.43. The first-order valence-electron chi connectivity index (χ1n) is 9.33. The molecule has 27 heavy (non-hydrogen) atoms. The average Bonchev–Trinajstić information content (AvgIpc) is 3.17. The zero-order chi connectivity index (χ0) is 18.5. The highest BCUT2D eigenvalue weighted by Gasteiger charge is 2.39. The minimum Gasteiger partial charge on any atom is -0.377 e. The normalized spacial score (nSPS) is 22.9. The first-order valence-corrected chi connectivity index (χ1v) is 9.33. The number of fused-ring (bicyclic) bond motifs is 4. The number of non-ortho nitro benzene ring substituents is 1. The third-order valence-electron chi connectivity index (χ3n) is 6.02. The second kappa shape index (κ2) is 5.95. The maximum absolute atomic E-state index is 11.3. The number of nitrogens with one attached hydrogen (secondary N) is 1. The Morgan fingerprint density at radius 1 is 1.07 bits per heavy atom. The summed E-state index contributed by atoms with van der Waals surface area (Å²) in [5.74, 6) is 0.577. The topological polar surface area (TPSA) is 55.2 Å². The molecule has 0 saturated heterocycles. The molecule has 0 aromatic heterocycles. The van der Waals surface area contributed by atoms with E-state index in [-0.39, 0.29) is 22.6 Å². The maximum atomic E-state index is 11.3. The molecule has 0 spiro atoms. The number of aryl methyl sites for hydroxylation is 1. The average molecular weight is 356 g/mol. The molecular weight excluding hydrogens is 336 g/mol. The van der Waals surface area contributed by atoms with E-state index in [0.717, 1.165) is 23.2 Å². The molecule has 134 valence electrons. The summed E-state index contributed by atoms with van der Waals surface area (Å²) in [4.78, 5) is 11.0. The smallest absolute Gasteiger partial charge is 0.270 e. The minimum absolute atomic E-state index is 0.177. The predicted molar refractivity (Wildman–Crippen MR) is 108 cm³/mol. The Labute approximate surface area is 157 Å². The van der Waals surface area contributed by atoms with Crippen molar-refractivity contribution in [3.8, 4) is 0 Å². The summed E-state index contributed by atoms with van der Waals surface area (Å²) in [5.41, 5.74) is 4.51. The van der Waals surface area contributed by atoms with Crippen LogP contribution in [0.2, 0.25) is 0 Å². The number of allylic oxidation sites excluding steroid dienone is 2. The zero-order valence-corrected chi connectivity index (χ0v) is 15.1. The lowest BCUT2D eigenvalue weighted by molar-refractivity contribution is -0.385. The second-order valence-electron chi connectivity index (χ2n) is 7.53. The Kier molecular flexibility index (Phi) is 3.54. The van der Waals surface area contributed by atoms with Crippen LogP contribution in [0.5, 0.6) is 0 Å². The van der Waals surface area contributed by atoms with E-state index in [1.165, 1.54) is 16.3 Å². The maximum Gasteiger partial charge on any atom is 0.270 e. The molecule has 1 aliphatic carbocycles. The van der Waals surface area contributed by atoms with Gasteiger partial charge in [0.25, 0.3) is 5.69 Å². The number of nitro benzene ring substituents is 1. The fourth-order valence-corrected chi connectivity index (χ4v) is 4.80. The molecular formula is C23H20N2O2. The van der Waals surface area contributed by atoms with Gasteiger partial charge in [-0.25, -0.2) is 0 Å². The van der Waals surface area contributed by atoms with Gasteiger partial charge in [-0.2, -0.15) is 0 Å². The van der Waals surface area contributed by atoms with Crippen molar-refractivity contribution in [2.75, 3.05) is 5.32 Å². The van der Waals surface area contributed by atoms with Crippen LogP contribution >= 0.6 is 0 Å². The molecule has 5 rings (SSSR count). The van der Waals surface area contributed by atoms with E-state index in [1.54, 1.807) is 12.1 Å². The number of nitro groups is 1. The molecule has 3 atom stereocenters. The molecule has 0 fully saturated rings. The van der Waals surface area contributed by atoms with Gasteiger partial charge in [0.15, 0.2) is 0 Å². The van der Waals surface area contributed by atoms with Gasteiger partial charge in [-0.3, -0.25) is 10.1 Å². The fourth-order valence-electron chi connectivity index (χ4n) is 4.80. The Bertz CT molecular complexity index is 1100. The summed E-state index contributed by atoms with van der Waals surface area (Å²) >= 11 is 0. The standard InChI is InChI=1S/C23H20N2O2/c1-14-12-16(25(26)27)13-21-18-9-5-11-20(18)23(24-22(14)21)19-10-4-7-15-6-2-3-8-17(15)19/h2-10,12-13,18,20,23-24H,11H2,1H3/t18-,20+,23-/m0/s1. The molecule has 1 heterocycles. The Morgan fingerprint density at radius 2 is 1.89 bits per heavy atom. The molecule has 0 amide bonds. The molecule has 1 aliphatic heterocycles. The molecule has 4 heteroatoms. The van der Waals surface area contributed by atoms with Crippen molar-refractivity contribution in [2.45, 2.75) is 25.3 Å². The van der Waals surface area contributed by atoms with Crippen molar-refractivity contribution in [3.05, 3.63) is 93.6 Å². The number of hydrogen-bond acceptors (Lipinski definition) is 3. The first-order chi connectivity index (χ1) is 13.1. The number of rotatable bonds is 2. The quantitative estimate of drug-likeness (QED) is 0.354. The first kappa shape index (κ1) is 16.1. The van der Waals surface area contributed by atoms with Gasteiger partial charge in [-0.15, -0.1) is 0 Å². The van der Waals surface area contributed by atoms with Gasteiger partial charge in [-0.05, 0) is 46.7 Å². The number of anilines is 1. The van der Waals surface area contributed by atoms with Gasteiger partial charge in [0.1, 0.15) is 0 Å². The van der Waals surface area contributed by atoms with Gasteiger partial charge >= 0.3 is 0 Å². The monoisotopic (exact) mass is 356 g/mol. The van der Waals surface area contributed by atoms with Crippen LogP contribution in [-0.4, -0.2) is 4.92 Å². The molecule has 0 bridgehead atoms. The lowest BCUT2D eigenvalue weighted by atomic mass is 9.75. The second-order valence-corrected chi connectivity index (χ2v) is 7.53. The van der Waals surface area contributed by atoms with Crippen molar-refractivity contribution < 1.29 is 4.92 Å². The highest BCUT2D eigenvalue weighted by molar-refractivity contribution is 5.87. The zero-order valence-electron chi connectivity index (χ0n) is 15.1. The highest BCUT2D eigenvalue weighted by Crippen LogP contribution is 2.52. The highest BCUT2D eigenvalue weighted by atomic mass is 16.6. The van der Waals surface area contributed by atoms with Crippen LogP contribution in [0.1, 0.15) is 35.1 Å². The summed E-state index contributed by atoms with van der Waals surface area (Å²) in [6.45, 7) is 1.96. The van der Waals surface area contributed by atoms with E-state index in [0.29, 0.717) is 5.92 Å². The lowest BCUT2D eigenvalue weighted by Crippen LogP contribution is -2.29. The largest absolute Gasteiger partial charge is 0.377 e. The number of nitrogens with zero attached hydrogens (tertiary/aromatic N) is 1. The van der Waals surface area contributed by atoms with E-state index in [1.807, 2.05) is 6.92 Å². The van der Waals surface area contributed by atoms with E-state index in [9.17, 15) is 10.1 Å². The van der Waals surface area contributed by atoms with Gasteiger partial charge in [0, 0.05) is 23.7 Å². The summed E-state index contributed by atoms with van der Waals surface area (Å²) in [7, 11) is 0. The molecule has 0 saturated carbocycles. The van der Waals surface area contributed by atoms with E-state index >= 15 is 0 Å². The molecule has 1 N–H and O–H groups in total. The van der Waals surface area contributed by atoms with Crippen LogP contribution in [0.4, 0.5) is 11.4 Å². The van der Waals surface area contributed by atoms with Crippen LogP contribution in [0, 0.1) is 23.0 Å². The Balaban J connectivity index is 1.68.